The van der Waals surface area contributed by atoms with Gasteiger partial charge in [0.15, 0.2) is 6.29 Å². The summed E-state index contributed by atoms with van der Waals surface area (Å²) in [4.78, 5) is 30.3. The first-order valence-corrected chi connectivity index (χ1v) is 13.7. The van der Waals surface area contributed by atoms with Crippen molar-refractivity contribution in [3.63, 3.8) is 0 Å². The Bertz CT molecular complexity index is 827. The van der Waals surface area contributed by atoms with Gasteiger partial charge in [0, 0.05) is 12.6 Å². The fourth-order valence-corrected chi connectivity index (χ4v) is 4.84. The molecular weight excluding hydrogens is 456 g/mol. The van der Waals surface area contributed by atoms with Gasteiger partial charge in [-0.2, -0.15) is 0 Å². The molecule has 36 heavy (non-hydrogen) atoms. The topological polar surface area (TPSA) is 85.9 Å². The van der Waals surface area contributed by atoms with E-state index >= 15 is 0 Å². The van der Waals surface area contributed by atoms with Crippen molar-refractivity contribution >= 4 is 18.0 Å². The molecule has 0 bridgehead atoms. The zero-order valence-corrected chi connectivity index (χ0v) is 22.2. The molecule has 1 aromatic rings. The van der Waals surface area contributed by atoms with Crippen LogP contribution in [0.2, 0.25) is 0 Å². The van der Waals surface area contributed by atoms with E-state index < -0.39 is 6.29 Å². The molecular formula is C29H44N2O5. The lowest BCUT2D eigenvalue weighted by atomic mass is 9.83. The first kappa shape index (κ1) is 28.4. The maximum Gasteiger partial charge on any atom is 0.323 e. The highest BCUT2D eigenvalue weighted by molar-refractivity contribution is 5.90. The monoisotopic (exact) mass is 500 g/mol. The van der Waals surface area contributed by atoms with Gasteiger partial charge in [0.1, 0.15) is 12.1 Å². The number of benzene rings is 1. The van der Waals surface area contributed by atoms with Crippen molar-refractivity contribution in [3.05, 3.63) is 41.5 Å². The molecule has 0 aromatic heterocycles. The van der Waals surface area contributed by atoms with E-state index in [2.05, 4.69) is 24.6 Å². The highest BCUT2D eigenvalue weighted by Gasteiger charge is 2.32. The summed E-state index contributed by atoms with van der Waals surface area (Å²) in [7, 11) is 0. The summed E-state index contributed by atoms with van der Waals surface area (Å²) in [6.07, 6.45) is 12.8. The van der Waals surface area contributed by atoms with Crippen LogP contribution in [-0.4, -0.2) is 36.9 Å². The summed E-state index contributed by atoms with van der Waals surface area (Å²) in [6, 6.07) is 7.71. The molecule has 1 amide bonds. The summed E-state index contributed by atoms with van der Waals surface area (Å²) in [5.41, 5.74) is 4.38. The van der Waals surface area contributed by atoms with E-state index in [9.17, 15) is 9.59 Å². The Balaban J connectivity index is 1.47. The Labute approximate surface area is 216 Å². The third-order valence-electron chi connectivity index (χ3n) is 6.88. The lowest BCUT2D eigenvalue weighted by Gasteiger charge is -2.30. The third-order valence-corrected chi connectivity index (χ3v) is 6.88. The van der Waals surface area contributed by atoms with E-state index in [0.29, 0.717) is 25.0 Å². The van der Waals surface area contributed by atoms with Crippen molar-refractivity contribution < 1.29 is 23.9 Å². The van der Waals surface area contributed by atoms with E-state index in [4.69, 9.17) is 14.3 Å². The standard InChI is InChI=1S/C29H44N2O5/c1-21(2)20-34-22(3)36-31-27(32)18-17-23-13-15-24(16-14-23)19-30-28(25-9-5-4-6-10-25)29(33)35-26-11-7-8-12-26/h13-18,21-22,25-26,28,30H,4-12,19-20H2,1-3H3,(H,31,32)/t22?,28-/m0/s1. The molecule has 0 spiro atoms. The van der Waals surface area contributed by atoms with Gasteiger partial charge in [0.25, 0.3) is 5.91 Å². The molecule has 3 rings (SSSR count). The number of hydrogen-bond acceptors (Lipinski definition) is 6. The maximum absolute atomic E-state index is 13.0. The zero-order valence-electron chi connectivity index (χ0n) is 22.2. The normalized spacial score (nSPS) is 19.0. The van der Waals surface area contributed by atoms with Crippen LogP contribution in [0.3, 0.4) is 0 Å². The van der Waals surface area contributed by atoms with Gasteiger partial charge in [-0.1, -0.05) is 57.4 Å². The SMILES string of the molecule is CC(C)COC(C)ONC(=O)C=Cc1ccc(CN[C@H](C(=O)OC2CCCC2)C2CCCCC2)cc1. The number of nitrogens with one attached hydrogen (secondary N) is 2. The summed E-state index contributed by atoms with van der Waals surface area (Å²) in [5.74, 6) is 0.310. The lowest BCUT2D eigenvalue weighted by molar-refractivity contribution is -0.180. The highest BCUT2D eigenvalue weighted by atomic mass is 16.8. The van der Waals surface area contributed by atoms with Gasteiger partial charge in [-0.25, -0.2) is 10.3 Å². The van der Waals surface area contributed by atoms with Crippen molar-refractivity contribution in [1.29, 1.82) is 0 Å². The molecule has 2 aliphatic carbocycles. The van der Waals surface area contributed by atoms with Crippen LogP contribution >= 0.6 is 0 Å². The molecule has 0 radical (unpaired) electrons. The van der Waals surface area contributed by atoms with Crippen LogP contribution in [0.4, 0.5) is 0 Å². The van der Waals surface area contributed by atoms with Crippen LogP contribution < -0.4 is 10.8 Å². The van der Waals surface area contributed by atoms with Gasteiger partial charge in [-0.15, -0.1) is 0 Å². The largest absolute Gasteiger partial charge is 0.461 e. The van der Waals surface area contributed by atoms with E-state index in [0.717, 1.165) is 49.7 Å². The zero-order chi connectivity index (χ0) is 25.8. The molecule has 7 heteroatoms. The fraction of sp³-hybridized carbons (Fsp3) is 0.655. The van der Waals surface area contributed by atoms with E-state index in [-0.39, 0.29) is 24.0 Å². The van der Waals surface area contributed by atoms with Crippen molar-refractivity contribution in [2.75, 3.05) is 6.61 Å². The summed E-state index contributed by atoms with van der Waals surface area (Å²) in [5, 5.41) is 3.51. The van der Waals surface area contributed by atoms with Gasteiger partial charge in [-0.05, 0) is 74.5 Å². The van der Waals surface area contributed by atoms with E-state index in [1.54, 1.807) is 13.0 Å². The third kappa shape index (κ3) is 10.0. The number of carbonyl (C=O) groups is 2. The van der Waals surface area contributed by atoms with E-state index in [1.807, 2.05) is 24.3 Å². The first-order chi connectivity index (χ1) is 17.4. The number of hydrogen-bond donors (Lipinski definition) is 2. The molecule has 0 aliphatic heterocycles. The molecule has 1 unspecified atom stereocenters. The van der Waals surface area contributed by atoms with Gasteiger partial charge < -0.3 is 14.8 Å². The molecule has 2 fully saturated rings. The Hall–Kier alpha value is -2.22. The van der Waals surface area contributed by atoms with Crippen LogP contribution in [0, 0.1) is 11.8 Å². The lowest BCUT2D eigenvalue weighted by Crippen LogP contribution is -2.45. The smallest absolute Gasteiger partial charge is 0.323 e. The second-order valence-electron chi connectivity index (χ2n) is 10.6. The van der Waals surface area contributed by atoms with Crippen LogP contribution in [0.5, 0.6) is 0 Å². The van der Waals surface area contributed by atoms with Crippen molar-refractivity contribution in [1.82, 2.24) is 10.8 Å². The predicted octanol–water partition coefficient (Wildman–Crippen LogP) is 5.29. The average Bonchev–Trinajstić information content (AvgIpc) is 3.39. The highest BCUT2D eigenvalue weighted by Crippen LogP contribution is 2.29. The Morgan fingerprint density at radius 1 is 0.972 bits per heavy atom. The molecule has 2 N–H and O–H groups in total. The van der Waals surface area contributed by atoms with Gasteiger partial charge in [0.2, 0.25) is 0 Å². The second-order valence-corrected chi connectivity index (χ2v) is 10.6. The second kappa shape index (κ2) is 15.1. The minimum absolute atomic E-state index is 0.0782. The van der Waals surface area contributed by atoms with Crippen LogP contribution in [-0.2, 0) is 30.4 Å². The summed E-state index contributed by atoms with van der Waals surface area (Å²) < 4.78 is 11.3. The fourth-order valence-electron chi connectivity index (χ4n) is 4.84. The Kier molecular flexibility index (Phi) is 11.9. The molecule has 2 aliphatic rings. The first-order valence-electron chi connectivity index (χ1n) is 13.7. The number of rotatable bonds is 13. The Morgan fingerprint density at radius 3 is 2.31 bits per heavy atom. The maximum atomic E-state index is 13.0. The Morgan fingerprint density at radius 2 is 1.64 bits per heavy atom. The summed E-state index contributed by atoms with van der Waals surface area (Å²) >= 11 is 0. The van der Waals surface area contributed by atoms with Crippen LogP contribution in [0.25, 0.3) is 6.08 Å². The molecule has 7 nitrogen and oxygen atoms in total. The number of hydroxylamine groups is 1. The quantitative estimate of drug-likeness (QED) is 0.166. The predicted molar refractivity (Wildman–Crippen MR) is 141 cm³/mol. The minimum Gasteiger partial charge on any atom is -0.461 e. The van der Waals surface area contributed by atoms with Gasteiger partial charge in [0.05, 0.1) is 6.61 Å². The molecule has 1 aromatic carbocycles. The van der Waals surface area contributed by atoms with E-state index in [1.165, 1.54) is 25.3 Å². The van der Waals surface area contributed by atoms with Crippen molar-refractivity contribution in [2.45, 2.75) is 104 Å². The van der Waals surface area contributed by atoms with Gasteiger partial charge in [-0.3, -0.25) is 9.59 Å². The molecule has 2 saturated carbocycles. The van der Waals surface area contributed by atoms with Crippen LogP contribution in [0.1, 0.15) is 89.7 Å². The van der Waals surface area contributed by atoms with Crippen molar-refractivity contribution in [2.24, 2.45) is 11.8 Å². The molecule has 0 heterocycles. The number of amides is 1. The molecule has 2 atom stereocenters. The number of carbonyl (C=O) groups excluding carboxylic acids is 2. The van der Waals surface area contributed by atoms with Crippen molar-refractivity contribution in [3.8, 4) is 0 Å². The average molecular weight is 501 g/mol. The number of ether oxygens (including phenoxy) is 2. The number of esters is 1. The van der Waals surface area contributed by atoms with Crippen LogP contribution in [0.15, 0.2) is 30.3 Å². The molecule has 0 saturated heterocycles. The summed E-state index contributed by atoms with van der Waals surface area (Å²) in [6.45, 7) is 7.02. The minimum atomic E-state index is -0.510. The molecule has 200 valence electrons. The van der Waals surface area contributed by atoms with Gasteiger partial charge >= 0.3 is 5.97 Å².